The number of carbonyl (C=O) groups is 1. The van der Waals surface area contributed by atoms with Crippen LogP contribution in [-0.4, -0.2) is 52.1 Å². The van der Waals surface area contributed by atoms with Crippen LogP contribution in [0.5, 0.6) is 0 Å². The van der Waals surface area contributed by atoms with Crippen molar-refractivity contribution in [3.05, 3.63) is 0 Å². The van der Waals surface area contributed by atoms with Crippen molar-refractivity contribution >= 4 is 5.97 Å². The molecular weight excluding hydrogens is 222 g/mol. The maximum Gasteiger partial charge on any atom is 0.307 e. The molecule has 0 radical (unpaired) electrons. The van der Waals surface area contributed by atoms with Gasteiger partial charge in [-0.2, -0.15) is 0 Å². The van der Waals surface area contributed by atoms with E-state index in [-0.39, 0.29) is 5.97 Å². The van der Waals surface area contributed by atoms with Crippen molar-refractivity contribution in [1.29, 1.82) is 0 Å². The van der Waals surface area contributed by atoms with Crippen molar-refractivity contribution in [3.8, 4) is 0 Å². The van der Waals surface area contributed by atoms with Crippen molar-refractivity contribution in [1.82, 2.24) is 5.32 Å². The van der Waals surface area contributed by atoms with Crippen molar-refractivity contribution in [2.75, 3.05) is 40.1 Å². The summed E-state index contributed by atoms with van der Waals surface area (Å²) in [5.74, 6) is -0.110. The summed E-state index contributed by atoms with van der Waals surface area (Å²) in [4.78, 5) is 11.4. The number of hydrogen-bond acceptors (Lipinski definition) is 5. The predicted octanol–water partition coefficient (Wildman–Crippen LogP) is 0.725. The number of carbonyl (C=O) groups excluding carboxylic acids is 1. The fourth-order valence-electron chi connectivity index (χ4n) is 1.78. The topological polar surface area (TPSA) is 56.8 Å². The monoisotopic (exact) mass is 245 g/mol. The van der Waals surface area contributed by atoms with Crippen LogP contribution in [0, 0.1) is 0 Å². The van der Waals surface area contributed by atoms with Crippen molar-refractivity contribution in [2.24, 2.45) is 0 Å². The molecule has 1 atom stereocenters. The van der Waals surface area contributed by atoms with Crippen molar-refractivity contribution in [3.63, 3.8) is 0 Å². The van der Waals surface area contributed by atoms with E-state index in [1.165, 1.54) is 0 Å². The van der Waals surface area contributed by atoms with E-state index in [0.717, 1.165) is 25.8 Å². The molecule has 0 saturated carbocycles. The SMILES string of the molecule is COCCOCCCOC(=O)CC1CCCN1. The lowest BCUT2D eigenvalue weighted by Gasteiger charge is -2.09. The molecule has 0 aromatic rings. The molecule has 5 heteroatoms. The molecule has 1 unspecified atom stereocenters. The van der Waals surface area contributed by atoms with E-state index in [4.69, 9.17) is 14.2 Å². The average Bonchev–Trinajstić information content (AvgIpc) is 2.80. The van der Waals surface area contributed by atoms with Crippen LogP contribution in [0.3, 0.4) is 0 Å². The highest BCUT2D eigenvalue weighted by molar-refractivity contribution is 5.70. The second kappa shape index (κ2) is 9.39. The Morgan fingerprint density at radius 1 is 1.29 bits per heavy atom. The lowest BCUT2D eigenvalue weighted by Crippen LogP contribution is -2.25. The van der Waals surface area contributed by atoms with Crippen molar-refractivity contribution < 1.29 is 19.0 Å². The van der Waals surface area contributed by atoms with Gasteiger partial charge < -0.3 is 19.5 Å². The summed E-state index contributed by atoms with van der Waals surface area (Å²) < 4.78 is 15.2. The maximum atomic E-state index is 11.4. The van der Waals surface area contributed by atoms with E-state index in [2.05, 4.69) is 5.32 Å². The number of nitrogens with one attached hydrogen (secondary N) is 1. The van der Waals surface area contributed by atoms with Gasteiger partial charge in [0, 0.05) is 26.2 Å². The second-order valence-electron chi connectivity index (χ2n) is 4.18. The highest BCUT2D eigenvalue weighted by atomic mass is 16.5. The van der Waals surface area contributed by atoms with Gasteiger partial charge in [0.2, 0.25) is 0 Å². The van der Waals surface area contributed by atoms with Crippen LogP contribution >= 0.6 is 0 Å². The molecule has 1 N–H and O–H groups in total. The Labute approximate surface area is 103 Å². The van der Waals surface area contributed by atoms with Crippen LogP contribution in [0.25, 0.3) is 0 Å². The summed E-state index contributed by atoms with van der Waals surface area (Å²) >= 11 is 0. The molecular formula is C12H23NO4. The molecule has 0 aromatic carbocycles. The fraction of sp³-hybridized carbons (Fsp3) is 0.917. The third kappa shape index (κ3) is 7.31. The molecule has 0 spiro atoms. The van der Waals surface area contributed by atoms with E-state index in [0.29, 0.717) is 38.9 Å². The fourth-order valence-corrected chi connectivity index (χ4v) is 1.78. The Hall–Kier alpha value is -0.650. The first kappa shape index (κ1) is 14.4. The van der Waals surface area contributed by atoms with Gasteiger partial charge in [-0.15, -0.1) is 0 Å². The van der Waals surface area contributed by atoms with E-state index in [9.17, 15) is 4.79 Å². The van der Waals surface area contributed by atoms with Gasteiger partial charge >= 0.3 is 5.97 Å². The number of hydrogen-bond donors (Lipinski definition) is 1. The van der Waals surface area contributed by atoms with Crippen molar-refractivity contribution in [2.45, 2.75) is 31.7 Å². The summed E-state index contributed by atoms with van der Waals surface area (Å²) in [6, 6.07) is 0.320. The molecule has 1 saturated heterocycles. The average molecular weight is 245 g/mol. The van der Waals surface area contributed by atoms with E-state index >= 15 is 0 Å². The lowest BCUT2D eigenvalue weighted by molar-refractivity contribution is -0.144. The lowest BCUT2D eigenvalue weighted by atomic mass is 10.2. The molecule has 5 nitrogen and oxygen atoms in total. The zero-order valence-corrected chi connectivity index (χ0v) is 10.6. The smallest absolute Gasteiger partial charge is 0.307 e. The first-order valence-corrected chi connectivity index (χ1v) is 6.28. The minimum atomic E-state index is -0.110. The second-order valence-corrected chi connectivity index (χ2v) is 4.18. The number of methoxy groups -OCH3 is 1. The summed E-state index contributed by atoms with van der Waals surface area (Å²) in [5.41, 5.74) is 0. The molecule has 17 heavy (non-hydrogen) atoms. The standard InChI is InChI=1S/C12H23NO4/c1-15-8-9-16-6-3-7-17-12(14)10-11-4-2-5-13-11/h11,13H,2-10H2,1H3. The Bertz CT molecular complexity index is 205. The summed E-state index contributed by atoms with van der Waals surface area (Å²) in [7, 11) is 1.64. The van der Waals surface area contributed by atoms with Gasteiger partial charge in [0.05, 0.1) is 26.2 Å². The Kier molecular flexibility index (Phi) is 7.96. The molecule has 1 fully saturated rings. The van der Waals surface area contributed by atoms with Crippen LogP contribution in [0.4, 0.5) is 0 Å². The first-order chi connectivity index (χ1) is 8.33. The summed E-state index contributed by atoms with van der Waals surface area (Å²) in [6.45, 7) is 3.27. The van der Waals surface area contributed by atoms with Gasteiger partial charge in [0.25, 0.3) is 0 Å². The first-order valence-electron chi connectivity index (χ1n) is 6.28. The molecule has 1 rings (SSSR count). The highest BCUT2D eigenvalue weighted by Crippen LogP contribution is 2.09. The van der Waals surface area contributed by atoms with Gasteiger partial charge in [-0.25, -0.2) is 0 Å². The van der Waals surface area contributed by atoms with E-state index in [1.54, 1.807) is 7.11 Å². The normalized spacial score (nSPS) is 19.5. The maximum absolute atomic E-state index is 11.4. The predicted molar refractivity (Wildman–Crippen MR) is 63.9 cm³/mol. The number of ether oxygens (including phenoxy) is 3. The summed E-state index contributed by atoms with van der Waals surface area (Å²) in [6.07, 6.45) is 3.47. The zero-order valence-electron chi connectivity index (χ0n) is 10.6. The van der Waals surface area contributed by atoms with Crippen LogP contribution in [0.2, 0.25) is 0 Å². The molecule has 1 aliphatic heterocycles. The zero-order chi connectivity index (χ0) is 12.3. The molecule has 100 valence electrons. The van der Waals surface area contributed by atoms with Crippen LogP contribution in [0.15, 0.2) is 0 Å². The highest BCUT2D eigenvalue weighted by Gasteiger charge is 2.18. The molecule has 0 aliphatic carbocycles. The Morgan fingerprint density at radius 2 is 2.18 bits per heavy atom. The van der Waals surface area contributed by atoms with Crippen LogP contribution in [-0.2, 0) is 19.0 Å². The third-order valence-corrected chi connectivity index (χ3v) is 2.70. The quantitative estimate of drug-likeness (QED) is 0.479. The van der Waals surface area contributed by atoms with Gasteiger partial charge in [0.15, 0.2) is 0 Å². The largest absolute Gasteiger partial charge is 0.466 e. The van der Waals surface area contributed by atoms with Crippen LogP contribution in [0.1, 0.15) is 25.7 Å². The Morgan fingerprint density at radius 3 is 2.88 bits per heavy atom. The third-order valence-electron chi connectivity index (χ3n) is 2.70. The minimum absolute atomic E-state index is 0.110. The molecule has 0 amide bonds. The number of rotatable bonds is 9. The molecule has 1 aliphatic rings. The molecule has 0 bridgehead atoms. The van der Waals surface area contributed by atoms with E-state index < -0.39 is 0 Å². The van der Waals surface area contributed by atoms with Gasteiger partial charge in [-0.3, -0.25) is 4.79 Å². The minimum Gasteiger partial charge on any atom is -0.466 e. The summed E-state index contributed by atoms with van der Waals surface area (Å²) in [5, 5.41) is 3.27. The van der Waals surface area contributed by atoms with Gasteiger partial charge in [-0.1, -0.05) is 0 Å². The molecule has 1 heterocycles. The van der Waals surface area contributed by atoms with Gasteiger partial charge in [-0.05, 0) is 19.4 Å². The van der Waals surface area contributed by atoms with E-state index in [1.807, 2.05) is 0 Å². The van der Waals surface area contributed by atoms with Crippen LogP contribution < -0.4 is 5.32 Å². The Balaban J connectivity index is 1.86. The molecule has 0 aromatic heterocycles. The van der Waals surface area contributed by atoms with Gasteiger partial charge in [0.1, 0.15) is 0 Å². The number of esters is 1.